The predicted molar refractivity (Wildman–Crippen MR) is 129 cm³/mol. The van der Waals surface area contributed by atoms with Gasteiger partial charge in [-0.05, 0) is 42.5 Å². The lowest BCUT2D eigenvalue weighted by atomic mass is 10.1. The lowest BCUT2D eigenvalue weighted by Gasteiger charge is -2.14. The predicted octanol–water partition coefficient (Wildman–Crippen LogP) is 4.07. The van der Waals surface area contributed by atoms with E-state index in [9.17, 15) is 14.7 Å². The van der Waals surface area contributed by atoms with Crippen molar-refractivity contribution in [1.82, 2.24) is 14.8 Å². The van der Waals surface area contributed by atoms with E-state index < -0.39 is 11.2 Å². The van der Waals surface area contributed by atoms with E-state index in [4.69, 9.17) is 37.4 Å². The molecule has 0 unspecified atom stereocenters. The Kier molecular flexibility index (Phi) is 5.98. The largest absolute Gasteiger partial charge is 0.508 e. The van der Waals surface area contributed by atoms with Crippen LogP contribution in [-0.4, -0.2) is 26.7 Å². The number of halogens is 2. The van der Waals surface area contributed by atoms with Crippen molar-refractivity contribution < 1.29 is 19.3 Å². The van der Waals surface area contributed by atoms with Crippen LogP contribution in [-0.2, 0) is 6.54 Å². The molecule has 1 aliphatic rings. The molecular formula is C23H16Cl2N4O6. The lowest BCUT2D eigenvalue weighted by Crippen LogP contribution is -2.30. The van der Waals surface area contributed by atoms with E-state index in [0.717, 1.165) is 16.6 Å². The number of anilines is 1. The molecule has 1 aromatic heterocycles. The molecule has 0 atom stereocenters. The molecule has 0 radical (unpaired) electrons. The smallest absolute Gasteiger partial charge is 0.349 e. The van der Waals surface area contributed by atoms with Crippen LogP contribution in [0.2, 0.25) is 10.0 Å². The number of nitrogens with zero attached hydrogens (tertiary/aromatic N) is 2. The van der Waals surface area contributed by atoms with Crippen molar-refractivity contribution in [3.8, 4) is 34.4 Å². The first-order valence-electron chi connectivity index (χ1n) is 10.2. The number of H-pyrrole nitrogens is 1. The van der Waals surface area contributed by atoms with Gasteiger partial charge in [0.1, 0.15) is 17.7 Å². The Morgan fingerprint density at radius 3 is 2.60 bits per heavy atom. The number of rotatable bonds is 6. The molecule has 1 aliphatic heterocycles. The number of hydrogen-bond donors (Lipinski definition) is 3. The first kappa shape index (κ1) is 22.6. The molecule has 2 heterocycles. The van der Waals surface area contributed by atoms with Gasteiger partial charge in [-0.1, -0.05) is 23.2 Å². The summed E-state index contributed by atoms with van der Waals surface area (Å²) in [5.41, 5.74) is 0.227. The highest BCUT2D eigenvalue weighted by Gasteiger charge is 2.16. The maximum atomic E-state index is 12.0. The molecule has 0 fully saturated rings. The zero-order chi connectivity index (χ0) is 24.5. The molecular weight excluding hydrogens is 499 g/mol. The molecule has 178 valence electrons. The first-order valence-corrected chi connectivity index (χ1v) is 10.9. The molecule has 0 amide bonds. The SMILES string of the molecule is O=c1cnn(-c2cc(Cl)c(Oc3ccc(O)c(CNc4ccc5c(c4)OCO5)c3)c(Cl)c2)c(=O)[nH]1. The molecule has 4 aromatic rings. The van der Waals surface area contributed by atoms with E-state index in [0.29, 0.717) is 29.4 Å². The second kappa shape index (κ2) is 9.24. The Morgan fingerprint density at radius 2 is 1.83 bits per heavy atom. The molecule has 0 saturated heterocycles. The number of phenolic OH excluding ortho intramolecular Hbond substituents is 1. The van der Waals surface area contributed by atoms with Gasteiger partial charge in [0, 0.05) is 23.9 Å². The summed E-state index contributed by atoms with van der Waals surface area (Å²) in [6.07, 6.45) is 0.962. The number of nitrogens with one attached hydrogen (secondary N) is 2. The van der Waals surface area contributed by atoms with E-state index in [1.807, 2.05) is 12.1 Å². The van der Waals surface area contributed by atoms with Crippen LogP contribution in [0, 0.1) is 0 Å². The third-order valence-corrected chi connectivity index (χ3v) is 5.63. The van der Waals surface area contributed by atoms with Crippen molar-refractivity contribution in [2.24, 2.45) is 0 Å². The summed E-state index contributed by atoms with van der Waals surface area (Å²) in [5, 5.41) is 17.5. The summed E-state index contributed by atoms with van der Waals surface area (Å²) in [7, 11) is 0. The van der Waals surface area contributed by atoms with Crippen molar-refractivity contribution in [1.29, 1.82) is 0 Å². The van der Waals surface area contributed by atoms with Crippen LogP contribution in [0.4, 0.5) is 5.69 Å². The summed E-state index contributed by atoms with van der Waals surface area (Å²) in [4.78, 5) is 25.4. The van der Waals surface area contributed by atoms with Gasteiger partial charge >= 0.3 is 5.69 Å². The standard InChI is InChI=1S/C23H16Cl2N4O6/c24-16-7-14(29-23(32)28-21(31)10-27-29)8-17(25)22(16)35-15-2-3-18(30)12(5-15)9-26-13-1-4-19-20(6-13)34-11-33-19/h1-8,10,26,30H,9,11H2,(H,28,31,32). The van der Waals surface area contributed by atoms with E-state index in [-0.39, 0.29) is 34.0 Å². The quantitative estimate of drug-likeness (QED) is 0.351. The number of ether oxygens (including phenoxy) is 3. The van der Waals surface area contributed by atoms with Crippen molar-refractivity contribution in [2.45, 2.75) is 6.54 Å². The average molecular weight is 515 g/mol. The summed E-state index contributed by atoms with van der Waals surface area (Å²) >= 11 is 12.7. The van der Waals surface area contributed by atoms with Gasteiger partial charge in [0.15, 0.2) is 17.2 Å². The van der Waals surface area contributed by atoms with Crippen LogP contribution in [0.15, 0.2) is 64.3 Å². The molecule has 3 N–H and O–H groups in total. The van der Waals surface area contributed by atoms with Crippen LogP contribution in [0.5, 0.6) is 28.7 Å². The molecule has 0 spiro atoms. The second-order valence-corrected chi connectivity index (χ2v) is 8.22. The number of aromatic amines is 1. The van der Waals surface area contributed by atoms with Gasteiger partial charge in [0.25, 0.3) is 5.56 Å². The van der Waals surface area contributed by atoms with Gasteiger partial charge in [-0.3, -0.25) is 9.78 Å². The number of aromatic hydroxyl groups is 1. The van der Waals surface area contributed by atoms with E-state index in [1.54, 1.807) is 18.2 Å². The lowest BCUT2D eigenvalue weighted by molar-refractivity contribution is 0.174. The van der Waals surface area contributed by atoms with Gasteiger partial charge < -0.3 is 24.6 Å². The molecule has 0 bridgehead atoms. The average Bonchev–Trinajstić information content (AvgIpc) is 3.29. The first-order chi connectivity index (χ1) is 16.9. The summed E-state index contributed by atoms with van der Waals surface area (Å²) < 4.78 is 17.5. The fourth-order valence-corrected chi connectivity index (χ4v) is 3.94. The highest BCUT2D eigenvalue weighted by molar-refractivity contribution is 6.37. The summed E-state index contributed by atoms with van der Waals surface area (Å²) in [5.74, 6) is 1.91. The molecule has 35 heavy (non-hydrogen) atoms. The second-order valence-electron chi connectivity index (χ2n) is 7.40. The van der Waals surface area contributed by atoms with Crippen LogP contribution >= 0.6 is 23.2 Å². The zero-order valence-corrected chi connectivity index (χ0v) is 19.3. The Morgan fingerprint density at radius 1 is 1.06 bits per heavy atom. The van der Waals surface area contributed by atoms with E-state index >= 15 is 0 Å². The summed E-state index contributed by atoms with van der Waals surface area (Å²) in [6.45, 7) is 0.479. The van der Waals surface area contributed by atoms with Gasteiger partial charge in [0.2, 0.25) is 6.79 Å². The monoisotopic (exact) mass is 514 g/mol. The molecule has 12 heteroatoms. The van der Waals surface area contributed by atoms with Crippen LogP contribution in [0.1, 0.15) is 5.56 Å². The van der Waals surface area contributed by atoms with Gasteiger partial charge in [-0.2, -0.15) is 9.78 Å². The van der Waals surface area contributed by atoms with Crippen molar-refractivity contribution in [2.75, 3.05) is 12.1 Å². The minimum absolute atomic E-state index is 0.0710. The Labute approximate surface area is 207 Å². The van der Waals surface area contributed by atoms with E-state index in [1.165, 1.54) is 18.2 Å². The zero-order valence-electron chi connectivity index (χ0n) is 17.7. The highest BCUT2D eigenvalue weighted by atomic mass is 35.5. The van der Waals surface area contributed by atoms with Gasteiger partial charge in [-0.25, -0.2) is 4.79 Å². The summed E-state index contributed by atoms with van der Waals surface area (Å²) in [6, 6.07) is 13.0. The number of fused-ring (bicyclic) bond motifs is 1. The number of hydrogen-bond acceptors (Lipinski definition) is 8. The molecule has 0 saturated carbocycles. The molecule has 3 aromatic carbocycles. The normalized spacial score (nSPS) is 11.9. The Balaban J connectivity index is 1.36. The minimum Gasteiger partial charge on any atom is -0.508 e. The minimum atomic E-state index is -0.739. The van der Waals surface area contributed by atoms with Crippen LogP contribution in [0.3, 0.4) is 0 Å². The molecule has 10 nitrogen and oxygen atoms in total. The number of phenols is 1. The van der Waals surface area contributed by atoms with Crippen LogP contribution in [0.25, 0.3) is 5.69 Å². The fourth-order valence-electron chi connectivity index (χ4n) is 3.39. The third-order valence-electron chi connectivity index (χ3n) is 5.07. The van der Waals surface area contributed by atoms with Crippen molar-refractivity contribution in [3.63, 3.8) is 0 Å². The van der Waals surface area contributed by atoms with Crippen molar-refractivity contribution >= 4 is 28.9 Å². The number of benzene rings is 3. The van der Waals surface area contributed by atoms with Gasteiger partial charge in [0.05, 0.1) is 15.7 Å². The van der Waals surface area contributed by atoms with Crippen molar-refractivity contribution in [3.05, 3.63) is 91.2 Å². The highest BCUT2D eigenvalue weighted by Crippen LogP contribution is 2.39. The molecule has 5 rings (SSSR count). The molecule has 0 aliphatic carbocycles. The van der Waals surface area contributed by atoms with Crippen LogP contribution < -0.4 is 30.8 Å². The maximum absolute atomic E-state index is 12.0. The third kappa shape index (κ3) is 4.75. The maximum Gasteiger partial charge on any atom is 0.349 e. The topological polar surface area (TPSA) is 128 Å². The van der Waals surface area contributed by atoms with E-state index in [2.05, 4.69) is 15.4 Å². The number of aromatic nitrogens is 3. The fraction of sp³-hybridized carbons (Fsp3) is 0.0870. The van der Waals surface area contributed by atoms with Gasteiger partial charge in [-0.15, -0.1) is 0 Å². The Bertz CT molecular complexity index is 1530. The Hall–Kier alpha value is -4.15.